The molecule has 0 saturated carbocycles. The smallest absolute Gasteiger partial charge is 0.359 e. The van der Waals surface area contributed by atoms with Gasteiger partial charge in [-0.05, 0) is 50.1 Å². The largest absolute Gasteiger partial charge is 0.453 e. The second kappa shape index (κ2) is 6.28. The van der Waals surface area contributed by atoms with Crippen LogP contribution in [0.4, 0.5) is 0 Å². The average Bonchev–Trinajstić information content (AvgIpc) is 2.97. The van der Waals surface area contributed by atoms with E-state index >= 15 is 0 Å². The Labute approximate surface area is 139 Å². The highest BCUT2D eigenvalue weighted by molar-refractivity contribution is 6.00. The lowest BCUT2D eigenvalue weighted by Gasteiger charge is -2.06. The number of rotatable bonds is 4. The van der Waals surface area contributed by atoms with Crippen molar-refractivity contribution in [1.82, 2.24) is 9.38 Å². The van der Waals surface area contributed by atoms with Gasteiger partial charge in [0.2, 0.25) is 5.78 Å². The number of imidazole rings is 1. The van der Waals surface area contributed by atoms with E-state index in [0.717, 1.165) is 16.7 Å². The molecule has 2 aromatic heterocycles. The highest BCUT2D eigenvalue weighted by atomic mass is 16.5. The molecule has 0 aliphatic rings. The second-order valence-electron chi connectivity index (χ2n) is 5.91. The van der Waals surface area contributed by atoms with E-state index in [2.05, 4.69) is 4.98 Å². The van der Waals surface area contributed by atoms with Crippen molar-refractivity contribution in [2.24, 2.45) is 0 Å². The van der Waals surface area contributed by atoms with Crippen molar-refractivity contribution >= 4 is 17.4 Å². The molecule has 0 radical (unpaired) electrons. The quantitative estimate of drug-likeness (QED) is 0.546. The zero-order valence-electron chi connectivity index (χ0n) is 13.9. The molecule has 0 spiro atoms. The zero-order chi connectivity index (χ0) is 17.3. The number of ketones is 1. The summed E-state index contributed by atoms with van der Waals surface area (Å²) in [5, 5.41) is 0. The molecule has 122 valence electrons. The number of ether oxygens (including phenoxy) is 1. The molecule has 0 N–H and O–H groups in total. The van der Waals surface area contributed by atoms with Crippen LogP contribution in [0.25, 0.3) is 5.65 Å². The number of aryl methyl sites for hydroxylation is 3. The lowest BCUT2D eigenvalue weighted by molar-refractivity contribution is 0.0469. The summed E-state index contributed by atoms with van der Waals surface area (Å²) in [4.78, 5) is 28.6. The van der Waals surface area contributed by atoms with E-state index in [1.807, 2.05) is 51.2 Å². The molecule has 0 unspecified atom stereocenters. The molecule has 3 rings (SSSR count). The van der Waals surface area contributed by atoms with Crippen LogP contribution in [0.1, 0.15) is 37.5 Å². The number of carbonyl (C=O) groups excluding carboxylic acids is 2. The van der Waals surface area contributed by atoms with E-state index in [4.69, 9.17) is 4.74 Å². The van der Waals surface area contributed by atoms with Gasteiger partial charge in [-0.15, -0.1) is 0 Å². The molecule has 5 nitrogen and oxygen atoms in total. The van der Waals surface area contributed by atoms with E-state index in [1.165, 1.54) is 0 Å². The number of esters is 1. The number of pyridine rings is 1. The first kappa shape index (κ1) is 15.9. The predicted molar refractivity (Wildman–Crippen MR) is 90.5 cm³/mol. The fourth-order valence-corrected chi connectivity index (χ4v) is 2.50. The molecule has 0 fully saturated rings. The Balaban J connectivity index is 1.72. The third kappa shape index (κ3) is 3.20. The van der Waals surface area contributed by atoms with Gasteiger partial charge in [-0.2, -0.15) is 0 Å². The fraction of sp³-hybridized carbons (Fsp3) is 0.211. The maximum Gasteiger partial charge on any atom is 0.359 e. The third-order valence-corrected chi connectivity index (χ3v) is 3.85. The van der Waals surface area contributed by atoms with Gasteiger partial charge >= 0.3 is 5.97 Å². The topological polar surface area (TPSA) is 60.7 Å². The maximum atomic E-state index is 12.3. The van der Waals surface area contributed by atoms with Gasteiger partial charge in [0.15, 0.2) is 12.3 Å². The number of fused-ring (bicyclic) bond motifs is 1. The summed E-state index contributed by atoms with van der Waals surface area (Å²) < 4.78 is 6.88. The van der Waals surface area contributed by atoms with E-state index in [1.54, 1.807) is 16.7 Å². The van der Waals surface area contributed by atoms with Crippen LogP contribution >= 0.6 is 0 Å². The molecule has 0 saturated heterocycles. The molecular formula is C19H18N2O3. The Morgan fingerprint density at radius 3 is 2.62 bits per heavy atom. The predicted octanol–water partition coefficient (Wildman–Crippen LogP) is 3.30. The van der Waals surface area contributed by atoms with Crippen LogP contribution in [0.5, 0.6) is 0 Å². The molecule has 0 aliphatic heterocycles. The molecule has 0 amide bonds. The Bertz CT molecular complexity index is 941. The monoisotopic (exact) mass is 322 g/mol. The van der Waals surface area contributed by atoms with E-state index < -0.39 is 5.97 Å². The lowest BCUT2D eigenvalue weighted by Crippen LogP contribution is -2.15. The SMILES string of the molecule is Cc1ccc(C)c(C(=O)COC(=O)c2cn3ccc(C)cc3n2)c1. The standard InChI is InChI=1S/C19H18N2O3/c1-12-4-5-14(3)15(8-12)17(22)11-24-19(23)16-10-21-7-6-13(2)9-18(21)20-16/h4-10H,11H2,1-3H3. The van der Waals surface area contributed by atoms with Crippen LogP contribution in [0.2, 0.25) is 0 Å². The molecule has 3 aromatic rings. The Morgan fingerprint density at radius 2 is 1.83 bits per heavy atom. The Kier molecular flexibility index (Phi) is 4.16. The van der Waals surface area contributed by atoms with Crippen molar-refractivity contribution < 1.29 is 14.3 Å². The minimum Gasteiger partial charge on any atom is -0.453 e. The molecule has 1 aromatic carbocycles. The van der Waals surface area contributed by atoms with Crippen LogP contribution in [-0.2, 0) is 4.74 Å². The average molecular weight is 322 g/mol. The highest BCUT2D eigenvalue weighted by Gasteiger charge is 2.16. The van der Waals surface area contributed by atoms with E-state index in [-0.39, 0.29) is 18.1 Å². The summed E-state index contributed by atoms with van der Waals surface area (Å²) in [6.45, 7) is 5.44. The summed E-state index contributed by atoms with van der Waals surface area (Å²) in [5.74, 6) is -0.820. The maximum absolute atomic E-state index is 12.3. The third-order valence-electron chi connectivity index (χ3n) is 3.85. The molecular weight excluding hydrogens is 304 g/mol. The number of hydrogen-bond donors (Lipinski definition) is 0. The molecule has 0 bridgehead atoms. The molecule has 2 heterocycles. The van der Waals surface area contributed by atoms with Crippen LogP contribution in [0.15, 0.2) is 42.7 Å². The Hall–Kier alpha value is -2.95. The van der Waals surface area contributed by atoms with Gasteiger partial charge < -0.3 is 9.14 Å². The summed E-state index contributed by atoms with van der Waals surface area (Å²) in [6, 6.07) is 9.43. The summed E-state index contributed by atoms with van der Waals surface area (Å²) in [7, 11) is 0. The van der Waals surface area contributed by atoms with Gasteiger partial charge in [0.25, 0.3) is 0 Å². The van der Waals surface area contributed by atoms with Crippen molar-refractivity contribution in [2.45, 2.75) is 20.8 Å². The summed E-state index contributed by atoms with van der Waals surface area (Å²) in [5.41, 5.74) is 4.35. The van der Waals surface area contributed by atoms with Gasteiger partial charge in [0.1, 0.15) is 5.65 Å². The molecule has 0 aliphatic carbocycles. The molecule has 5 heteroatoms. The first-order chi connectivity index (χ1) is 11.4. The Morgan fingerprint density at radius 1 is 1.08 bits per heavy atom. The van der Waals surface area contributed by atoms with Crippen molar-refractivity contribution in [1.29, 1.82) is 0 Å². The molecule has 24 heavy (non-hydrogen) atoms. The van der Waals surface area contributed by atoms with Crippen LogP contribution in [-0.4, -0.2) is 27.7 Å². The van der Waals surface area contributed by atoms with Crippen LogP contribution in [0, 0.1) is 20.8 Å². The van der Waals surface area contributed by atoms with Crippen molar-refractivity contribution in [3.8, 4) is 0 Å². The first-order valence-electron chi connectivity index (χ1n) is 7.67. The number of benzene rings is 1. The van der Waals surface area contributed by atoms with E-state index in [0.29, 0.717) is 11.2 Å². The summed E-state index contributed by atoms with van der Waals surface area (Å²) in [6.07, 6.45) is 3.43. The van der Waals surface area contributed by atoms with Crippen molar-refractivity contribution in [3.05, 3.63) is 70.7 Å². The first-order valence-corrected chi connectivity index (χ1v) is 7.67. The minimum atomic E-state index is -0.602. The van der Waals surface area contributed by atoms with E-state index in [9.17, 15) is 9.59 Å². The normalized spacial score (nSPS) is 10.8. The molecule has 0 atom stereocenters. The van der Waals surface area contributed by atoms with Crippen molar-refractivity contribution in [3.63, 3.8) is 0 Å². The van der Waals surface area contributed by atoms with Gasteiger partial charge in [0, 0.05) is 18.0 Å². The van der Waals surface area contributed by atoms with Gasteiger partial charge in [-0.1, -0.05) is 17.7 Å². The number of aromatic nitrogens is 2. The number of carbonyl (C=O) groups is 2. The number of Topliss-reactive ketones (excluding diaryl/α,β-unsaturated/α-hetero) is 1. The highest BCUT2D eigenvalue weighted by Crippen LogP contribution is 2.13. The second-order valence-corrected chi connectivity index (χ2v) is 5.91. The van der Waals surface area contributed by atoms with Crippen molar-refractivity contribution in [2.75, 3.05) is 6.61 Å². The number of hydrogen-bond acceptors (Lipinski definition) is 4. The van der Waals surface area contributed by atoms with Gasteiger partial charge in [-0.3, -0.25) is 4.79 Å². The fourth-order valence-electron chi connectivity index (χ4n) is 2.50. The van der Waals surface area contributed by atoms with Gasteiger partial charge in [0.05, 0.1) is 0 Å². The lowest BCUT2D eigenvalue weighted by atomic mass is 10.0. The van der Waals surface area contributed by atoms with Crippen LogP contribution in [0.3, 0.4) is 0 Å². The van der Waals surface area contributed by atoms with Crippen LogP contribution < -0.4 is 0 Å². The number of nitrogens with zero attached hydrogens (tertiary/aromatic N) is 2. The zero-order valence-corrected chi connectivity index (χ0v) is 13.9. The van der Waals surface area contributed by atoms with Gasteiger partial charge in [-0.25, -0.2) is 9.78 Å². The minimum absolute atomic E-state index is 0.189. The summed E-state index contributed by atoms with van der Waals surface area (Å²) >= 11 is 0.